The van der Waals surface area contributed by atoms with E-state index in [9.17, 15) is 10.1 Å². The molecule has 0 heterocycles. The van der Waals surface area contributed by atoms with E-state index in [1.807, 2.05) is 0 Å². The van der Waals surface area contributed by atoms with Crippen LogP contribution in [0.15, 0.2) is 24.3 Å². The first kappa shape index (κ1) is 14.1. The first-order chi connectivity index (χ1) is 7.95. The molecule has 0 atom stereocenters. The van der Waals surface area contributed by atoms with Gasteiger partial charge in [-0.25, -0.2) is 0 Å². The van der Waals surface area contributed by atoms with Crippen LogP contribution in [0, 0.1) is 10.1 Å². The van der Waals surface area contributed by atoms with Crippen LogP contribution in [0.25, 0.3) is 0 Å². The van der Waals surface area contributed by atoms with Gasteiger partial charge in [-0.15, -0.1) is 11.6 Å². The van der Waals surface area contributed by atoms with Crippen molar-refractivity contribution in [1.82, 2.24) is 0 Å². The quantitative estimate of drug-likeness (QED) is 0.356. The molecule has 0 aromatic heterocycles. The highest BCUT2D eigenvalue weighted by Gasteiger charge is 2.18. The van der Waals surface area contributed by atoms with Crippen LogP contribution in [0.4, 0.5) is 5.69 Å². The second-order valence-corrected chi connectivity index (χ2v) is 4.25. The fourth-order valence-electron chi connectivity index (χ4n) is 0.995. The van der Waals surface area contributed by atoms with Gasteiger partial charge in [-0.2, -0.15) is 0 Å². The van der Waals surface area contributed by atoms with Crippen molar-refractivity contribution < 1.29 is 9.66 Å². The second-order valence-electron chi connectivity index (χ2n) is 3.16. The Hall–Kier alpha value is -0.970. The zero-order valence-electron chi connectivity index (χ0n) is 8.58. The van der Waals surface area contributed by atoms with Gasteiger partial charge in [0, 0.05) is 18.0 Å². The van der Waals surface area contributed by atoms with E-state index in [0.29, 0.717) is 5.57 Å². The minimum atomic E-state index is -0.596. The molecule has 0 amide bonds. The minimum absolute atomic E-state index is 0.0377. The number of benzene rings is 1. The van der Waals surface area contributed by atoms with E-state index in [2.05, 4.69) is 6.58 Å². The number of alkyl halides is 1. The Bertz CT molecular complexity index is 462. The third-order valence-corrected chi connectivity index (χ3v) is 2.92. The molecule has 1 rings (SSSR count). The summed E-state index contributed by atoms with van der Waals surface area (Å²) >= 11 is 17.0. The summed E-state index contributed by atoms with van der Waals surface area (Å²) in [6.07, 6.45) is 0. The van der Waals surface area contributed by atoms with Crippen molar-refractivity contribution in [1.29, 1.82) is 0 Å². The van der Waals surface area contributed by atoms with Crippen molar-refractivity contribution in [3.63, 3.8) is 0 Å². The first-order valence-corrected chi connectivity index (χ1v) is 5.73. The smallest absolute Gasteiger partial charge is 0.312 e. The molecule has 1 aromatic rings. The zero-order valence-corrected chi connectivity index (χ0v) is 10.8. The van der Waals surface area contributed by atoms with E-state index in [1.54, 1.807) is 0 Å². The summed E-state index contributed by atoms with van der Waals surface area (Å²) in [4.78, 5) is 10.2. The lowest BCUT2D eigenvalue weighted by molar-refractivity contribution is -0.385. The van der Waals surface area contributed by atoms with Crippen LogP contribution in [0.1, 0.15) is 0 Å². The number of nitro benzene ring substituents is 1. The van der Waals surface area contributed by atoms with E-state index >= 15 is 0 Å². The van der Waals surface area contributed by atoms with Gasteiger partial charge >= 0.3 is 5.69 Å². The highest BCUT2D eigenvalue weighted by Crippen LogP contribution is 2.35. The molecular formula is C10H8Cl3NO3. The van der Waals surface area contributed by atoms with Crippen molar-refractivity contribution in [2.24, 2.45) is 0 Å². The summed E-state index contributed by atoms with van der Waals surface area (Å²) in [6.45, 7) is 3.70. The lowest BCUT2D eigenvalue weighted by atomic mass is 10.3. The van der Waals surface area contributed by atoms with Gasteiger partial charge in [0.1, 0.15) is 6.61 Å². The largest absolute Gasteiger partial charge is 0.482 e. The van der Waals surface area contributed by atoms with Crippen molar-refractivity contribution in [3.8, 4) is 5.75 Å². The number of ether oxygens (including phenoxy) is 1. The minimum Gasteiger partial charge on any atom is -0.482 e. The number of hydrogen-bond donors (Lipinski definition) is 0. The first-order valence-electron chi connectivity index (χ1n) is 4.44. The second kappa shape index (κ2) is 6.10. The summed E-state index contributed by atoms with van der Waals surface area (Å²) in [5.74, 6) is 0.255. The number of halogens is 3. The average molecular weight is 297 g/mol. The summed E-state index contributed by atoms with van der Waals surface area (Å²) < 4.78 is 5.22. The van der Waals surface area contributed by atoms with Crippen LogP contribution in [0.2, 0.25) is 10.0 Å². The van der Waals surface area contributed by atoms with Crippen LogP contribution in [0.3, 0.4) is 0 Å². The Morgan fingerprint density at radius 2 is 2.00 bits per heavy atom. The molecule has 0 bridgehead atoms. The van der Waals surface area contributed by atoms with Crippen molar-refractivity contribution in [2.45, 2.75) is 0 Å². The SMILES string of the molecule is C=C(CCl)COc1cc(Cl)c(Cl)cc1[N+](=O)[O-]. The lowest BCUT2D eigenvalue weighted by Gasteiger charge is -2.08. The molecule has 92 valence electrons. The van der Waals surface area contributed by atoms with Crippen LogP contribution in [0.5, 0.6) is 5.75 Å². The molecule has 0 fully saturated rings. The van der Waals surface area contributed by atoms with E-state index in [1.165, 1.54) is 6.07 Å². The maximum atomic E-state index is 10.8. The number of rotatable bonds is 5. The maximum Gasteiger partial charge on any atom is 0.312 e. The summed E-state index contributed by atoms with van der Waals surface area (Å²) in [5, 5.41) is 11.1. The van der Waals surface area contributed by atoms with Gasteiger partial charge in [-0.3, -0.25) is 10.1 Å². The Kier molecular flexibility index (Phi) is 5.05. The van der Waals surface area contributed by atoms with Crippen molar-refractivity contribution >= 4 is 40.5 Å². The molecule has 0 saturated heterocycles. The third kappa shape index (κ3) is 3.77. The van der Waals surface area contributed by atoms with E-state index in [-0.39, 0.29) is 34.0 Å². The van der Waals surface area contributed by atoms with Gasteiger partial charge in [0.15, 0.2) is 5.75 Å². The monoisotopic (exact) mass is 295 g/mol. The van der Waals surface area contributed by atoms with Gasteiger partial charge in [0.05, 0.1) is 15.0 Å². The average Bonchev–Trinajstić information content (AvgIpc) is 2.29. The normalized spacial score (nSPS) is 10.1. The molecule has 0 unspecified atom stereocenters. The van der Waals surface area contributed by atoms with E-state index in [4.69, 9.17) is 39.5 Å². The van der Waals surface area contributed by atoms with Crippen molar-refractivity contribution in [3.05, 3.63) is 44.4 Å². The van der Waals surface area contributed by atoms with Gasteiger partial charge in [0.25, 0.3) is 0 Å². The predicted octanol–water partition coefficient (Wildman–Crippen LogP) is 4.08. The summed E-state index contributed by atoms with van der Waals surface area (Å²) in [7, 11) is 0. The highest BCUT2D eigenvalue weighted by molar-refractivity contribution is 6.42. The Morgan fingerprint density at radius 1 is 1.41 bits per heavy atom. The van der Waals surface area contributed by atoms with E-state index < -0.39 is 4.92 Å². The molecular weight excluding hydrogens is 288 g/mol. The molecule has 0 aliphatic rings. The highest BCUT2D eigenvalue weighted by atomic mass is 35.5. The standard InChI is InChI=1S/C10H8Cl3NO3/c1-6(4-11)5-17-10-3-8(13)7(12)2-9(10)14(15)16/h2-3H,1,4-5H2. The fourth-order valence-corrected chi connectivity index (χ4v) is 1.38. The molecule has 0 aliphatic carbocycles. The molecule has 0 N–H and O–H groups in total. The molecule has 1 aromatic carbocycles. The number of nitro groups is 1. The van der Waals surface area contributed by atoms with Crippen molar-refractivity contribution in [2.75, 3.05) is 12.5 Å². The Morgan fingerprint density at radius 3 is 2.53 bits per heavy atom. The predicted molar refractivity (Wildman–Crippen MR) is 68.5 cm³/mol. The molecule has 17 heavy (non-hydrogen) atoms. The van der Waals surface area contributed by atoms with Gasteiger partial charge in [-0.05, 0) is 5.57 Å². The molecule has 0 radical (unpaired) electrons. The van der Waals surface area contributed by atoms with Crippen LogP contribution < -0.4 is 4.74 Å². The molecule has 7 heteroatoms. The summed E-state index contributed by atoms with van der Waals surface area (Å²) in [6, 6.07) is 2.44. The van der Waals surface area contributed by atoms with Gasteiger partial charge in [-0.1, -0.05) is 29.8 Å². The Labute approximate surface area is 113 Å². The maximum absolute atomic E-state index is 10.8. The van der Waals surface area contributed by atoms with Crippen LogP contribution in [-0.4, -0.2) is 17.4 Å². The molecule has 0 spiro atoms. The topological polar surface area (TPSA) is 52.4 Å². The third-order valence-electron chi connectivity index (χ3n) is 1.82. The van der Waals surface area contributed by atoms with Gasteiger partial charge < -0.3 is 4.74 Å². The van der Waals surface area contributed by atoms with Crippen LogP contribution >= 0.6 is 34.8 Å². The molecule has 0 aliphatic heterocycles. The molecule has 4 nitrogen and oxygen atoms in total. The number of nitrogens with zero attached hydrogens (tertiary/aromatic N) is 1. The molecule has 0 saturated carbocycles. The van der Waals surface area contributed by atoms with Crippen LogP contribution in [-0.2, 0) is 0 Å². The zero-order chi connectivity index (χ0) is 13.0. The lowest BCUT2D eigenvalue weighted by Crippen LogP contribution is -2.03. The fraction of sp³-hybridized carbons (Fsp3) is 0.200. The van der Waals surface area contributed by atoms with E-state index in [0.717, 1.165) is 6.07 Å². The number of hydrogen-bond acceptors (Lipinski definition) is 3. The summed E-state index contributed by atoms with van der Waals surface area (Å²) in [5.41, 5.74) is 0.355. The van der Waals surface area contributed by atoms with Gasteiger partial charge in [0.2, 0.25) is 0 Å². The Balaban J connectivity index is 3.00.